The van der Waals surface area contributed by atoms with Crippen LogP contribution in [0.5, 0.6) is 5.75 Å². The number of phenols is 1. The van der Waals surface area contributed by atoms with E-state index >= 15 is 0 Å². The first kappa shape index (κ1) is 9.38. The molecule has 4 heteroatoms. The lowest BCUT2D eigenvalue weighted by atomic mass is 10.3. The smallest absolute Gasteiger partial charge is 0.305 e. The van der Waals surface area contributed by atoms with Crippen molar-refractivity contribution in [1.29, 1.82) is 0 Å². The van der Waals surface area contributed by atoms with Gasteiger partial charge in [-0.05, 0) is 12.1 Å². The molecule has 70 valence electrons. The number of aromatic hydroxyl groups is 1. The fraction of sp³-hybridized carbons (Fsp3) is 0.222. The second kappa shape index (κ2) is 4.35. The Morgan fingerprint density at radius 1 is 1.38 bits per heavy atom. The molecule has 0 spiro atoms. The minimum absolute atomic E-state index is 0.0360. The van der Waals surface area contributed by atoms with E-state index in [1.807, 2.05) is 0 Å². The summed E-state index contributed by atoms with van der Waals surface area (Å²) in [7, 11) is 0. The van der Waals surface area contributed by atoms with Gasteiger partial charge in [0, 0.05) is 6.54 Å². The van der Waals surface area contributed by atoms with Gasteiger partial charge in [-0.15, -0.1) is 0 Å². The average molecular weight is 181 g/mol. The number of aliphatic carboxylic acids is 1. The zero-order valence-corrected chi connectivity index (χ0v) is 7.03. The van der Waals surface area contributed by atoms with Gasteiger partial charge in [0.05, 0.1) is 12.1 Å². The Kier molecular flexibility index (Phi) is 3.14. The molecule has 1 aromatic carbocycles. The first-order chi connectivity index (χ1) is 6.20. The molecule has 1 aromatic rings. The highest BCUT2D eigenvalue weighted by atomic mass is 16.4. The number of hydrogen-bond donors (Lipinski definition) is 3. The van der Waals surface area contributed by atoms with Crippen molar-refractivity contribution < 1.29 is 15.0 Å². The number of carboxylic acids is 1. The first-order valence-electron chi connectivity index (χ1n) is 3.94. The summed E-state index contributed by atoms with van der Waals surface area (Å²) in [6.45, 7) is 0.312. The lowest BCUT2D eigenvalue weighted by Crippen LogP contribution is -2.07. The summed E-state index contributed by atoms with van der Waals surface area (Å²) in [4.78, 5) is 10.2. The number of benzene rings is 1. The first-order valence-corrected chi connectivity index (χ1v) is 3.94. The summed E-state index contributed by atoms with van der Waals surface area (Å²) in [5, 5.41) is 20.4. The molecule has 0 bridgehead atoms. The fourth-order valence-corrected chi connectivity index (χ4v) is 0.927. The van der Waals surface area contributed by atoms with E-state index in [2.05, 4.69) is 5.32 Å². The molecule has 0 aromatic heterocycles. The third-order valence-electron chi connectivity index (χ3n) is 1.56. The minimum atomic E-state index is -0.858. The Bertz CT molecular complexity index is 299. The lowest BCUT2D eigenvalue weighted by molar-refractivity contribution is -0.136. The van der Waals surface area contributed by atoms with Crippen molar-refractivity contribution >= 4 is 11.7 Å². The molecule has 0 saturated heterocycles. The zero-order valence-electron chi connectivity index (χ0n) is 7.03. The van der Waals surface area contributed by atoms with Crippen LogP contribution < -0.4 is 5.32 Å². The highest BCUT2D eigenvalue weighted by molar-refractivity contribution is 5.67. The summed E-state index contributed by atoms with van der Waals surface area (Å²) in [6.07, 6.45) is 0.0360. The maximum atomic E-state index is 10.2. The quantitative estimate of drug-likeness (QED) is 0.612. The van der Waals surface area contributed by atoms with Crippen molar-refractivity contribution in [3.05, 3.63) is 24.3 Å². The standard InChI is InChI=1S/C9H11NO3/c11-8-4-2-1-3-7(8)10-6-5-9(12)13/h1-4,10-11H,5-6H2,(H,12,13). The Morgan fingerprint density at radius 2 is 2.08 bits per heavy atom. The zero-order chi connectivity index (χ0) is 9.68. The summed E-state index contributed by atoms with van der Waals surface area (Å²) >= 11 is 0. The van der Waals surface area contributed by atoms with E-state index in [9.17, 15) is 9.90 Å². The largest absolute Gasteiger partial charge is 0.506 e. The van der Waals surface area contributed by atoms with Crippen LogP contribution in [0, 0.1) is 0 Å². The Hall–Kier alpha value is -1.71. The van der Waals surface area contributed by atoms with E-state index in [4.69, 9.17) is 5.11 Å². The number of rotatable bonds is 4. The van der Waals surface area contributed by atoms with E-state index in [0.717, 1.165) is 0 Å². The monoisotopic (exact) mass is 181 g/mol. The van der Waals surface area contributed by atoms with Gasteiger partial charge in [-0.25, -0.2) is 0 Å². The normalized spacial score (nSPS) is 9.54. The summed E-state index contributed by atoms with van der Waals surface area (Å²) in [5.74, 6) is -0.726. The molecule has 4 nitrogen and oxygen atoms in total. The van der Waals surface area contributed by atoms with Gasteiger partial charge in [0.1, 0.15) is 5.75 Å². The van der Waals surface area contributed by atoms with Crippen LogP contribution in [-0.4, -0.2) is 22.7 Å². The molecule has 0 aliphatic rings. The molecule has 0 amide bonds. The van der Waals surface area contributed by atoms with E-state index in [0.29, 0.717) is 12.2 Å². The molecule has 3 N–H and O–H groups in total. The van der Waals surface area contributed by atoms with Crippen LogP contribution in [0.25, 0.3) is 0 Å². The van der Waals surface area contributed by atoms with Gasteiger partial charge in [0.25, 0.3) is 0 Å². The van der Waals surface area contributed by atoms with Crippen molar-refractivity contribution in [1.82, 2.24) is 0 Å². The maximum Gasteiger partial charge on any atom is 0.305 e. The van der Waals surface area contributed by atoms with Crippen LogP contribution in [0.1, 0.15) is 6.42 Å². The molecular formula is C9H11NO3. The molecule has 0 heterocycles. The number of nitrogens with one attached hydrogen (secondary N) is 1. The predicted molar refractivity (Wildman–Crippen MR) is 48.8 cm³/mol. The van der Waals surface area contributed by atoms with Gasteiger partial charge < -0.3 is 15.5 Å². The van der Waals surface area contributed by atoms with E-state index in [1.165, 1.54) is 0 Å². The summed E-state index contributed by atoms with van der Waals surface area (Å²) in [5.41, 5.74) is 0.559. The Balaban J connectivity index is 2.45. The molecule has 0 unspecified atom stereocenters. The van der Waals surface area contributed by atoms with Gasteiger partial charge in [-0.1, -0.05) is 12.1 Å². The van der Waals surface area contributed by atoms with Crippen molar-refractivity contribution in [2.75, 3.05) is 11.9 Å². The van der Waals surface area contributed by atoms with Crippen LogP contribution in [0.4, 0.5) is 5.69 Å². The van der Waals surface area contributed by atoms with Crippen molar-refractivity contribution in [3.63, 3.8) is 0 Å². The van der Waals surface area contributed by atoms with Crippen LogP contribution in [0.15, 0.2) is 24.3 Å². The highest BCUT2D eigenvalue weighted by Crippen LogP contribution is 2.20. The average Bonchev–Trinajstić information content (AvgIpc) is 2.08. The number of hydrogen-bond acceptors (Lipinski definition) is 3. The second-order valence-electron chi connectivity index (χ2n) is 2.59. The molecule has 0 radical (unpaired) electrons. The Labute approximate surface area is 75.8 Å². The molecular weight excluding hydrogens is 170 g/mol. The van der Waals surface area contributed by atoms with Crippen molar-refractivity contribution in [2.45, 2.75) is 6.42 Å². The van der Waals surface area contributed by atoms with Crippen LogP contribution >= 0.6 is 0 Å². The van der Waals surface area contributed by atoms with Crippen LogP contribution in [0.2, 0.25) is 0 Å². The number of carbonyl (C=O) groups is 1. The highest BCUT2D eigenvalue weighted by Gasteiger charge is 1.99. The number of anilines is 1. The van der Waals surface area contributed by atoms with Gasteiger partial charge in [0.2, 0.25) is 0 Å². The van der Waals surface area contributed by atoms with Gasteiger partial charge >= 0.3 is 5.97 Å². The van der Waals surface area contributed by atoms with Gasteiger partial charge in [-0.2, -0.15) is 0 Å². The van der Waals surface area contributed by atoms with E-state index < -0.39 is 5.97 Å². The topological polar surface area (TPSA) is 69.6 Å². The lowest BCUT2D eigenvalue weighted by Gasteiger charge is -2.05. The molecule has 0 aliphatic carbocycles. The Morgan fingerprint density at radius 3 is 2.69 bits per heavy atom. The van der Waals surface area contributed by atoms with Crippen LogP contribution in [0.3, 0.4) is 0 Å². The number of para-hydroxylation sites is 2. The molecule has 1 rings (SSSR count). The van der Waals surface area contributed by atoms with Gasteiger partial charge in [0.15, 0.2) is 0 Å². The number of phenolic OH excluding ortho intramolecular Hbond substituents is 1. The summed E-state index contributed by atoms with van der Waals surface area (Å²) in [6, 6.07) is 6.71. The SMILES string of the molecule is O=C(O)CCNc1ccccc1O. The van der Waals surface area contributed by atoms with E-state index in [-0.39, 0.29) is 12.2 Å². The third-order valence-corrected chi connectivity index (χ3v) is 1.56. The molecule has 0 aliphatic heterocycles. The van der Waals surface area contributed by atoms with Crippen molar-refractivity contribution in [2.24, 2.45) is 0 Å². The van der Waals surface area contributed by atoms with Crippen LogP contribution in [-0.2, 0) is 4.79 Å². The molecule has 0 saturated carbocycles. The third kappa shape index (κ3) is 3.02. The number of carboxylic acid groups (broad SMARTS) is 1. The molecule has 13 heavy (non-hydrogen) atoms. The fourth-order valence-electron chi connectivity index (χ4n) is 0.927. The molecule has 0 atom stereocenters. The maximum absolute atomic E-state index is 10.2. The predicted octanol–water partition coefficient (Wildman–Crippen LogP) is 1.28. The molecule has 0 fully saturated rings. The van der Waals surface area contributed by atoms with Gasteiger partial charge in [-0.3, -0.25) is 4.79 Å². The second-order valence-corrected chi connectivity index (χ2v) is 2.59. The van der Waals surface area contributed by atoms with E-state index in [1.54, 1.807) is 24.3 Å². The summed E-state index contributed by atoms with van der Waals surface area (Å²) < 4.78 is 0. The van der Waals surface area contributed by atoms with Crippen molar-refractivity contribution in [3.8, 4) is 5.75 Å². The minimum Gasteiger partial charge on any atom is -0.506 e.